The van der Waals surface area contributed by atoms with E-state index in [1.807, 2.05) is 0 Å². The Kier molecular flexibility index (Phi) is 12.4. The molecule has 28 heavy (non-hydrogen) atoms. The Labute approximate surface area is 169 Å². The number of carbonyl (C=O) groups is 2. The molecule has 0 aromatic rings. The van der Waals surface area contributed by atoms with E-state index in [9.17, 15) is 35.9 Å². The van der Waals surface area contributed by atoms with Crippen LogP contribution < -0.4 is 10.6 Å². The lowest BCUT2D eigenvalue weighted by Gasteiger charge is -2.28. The smallest absolute Gasteiger partial charge is 0.403 e. The van der Waals surface area contributed by atoms with E-state index < -0.39 is 48.2 Å². The fourth-order valence-corrected chi connectivity index (χ4v) is 2.69. The number of hydrogen-bond donors (Lipinski definition) is 4. The van der Waals surface area contributed by atoms with Crippen LogP contribution in [0.5, 0.6) is 0 Å². The van der Waals surface area contributed by atoms with Gasteiger partial charge in [-0.25, -0.2) is 0 Å². The van der Waals surface area contributed by atoms with Crippen molar-refractivity contribution in [2.24, 2.45) is 11.8 Å². The van der Waals surface area contributed by atoms with E-state index in [-0.39, 0.29) is 63.6 Å². The third kappa shape index (κ3) is 9.48. The van der Waals surface area contributed by atoms with Crippen LogP contribution in [-0.4, -0.2) is 59.7 Å². The molecule has 4 atom stereocenters. The van der Waals surface area contributed by atoms with Crippen molar-refractivity contribution in [3.05, 3.63) is 0 Å². The van der Waals surface area contributed by atoms with Gasteiger partial charge in [0.05, 0.1) is 11.8 Å². The highest BCUT2D eigenvalue weighted by Gasteiger charge is 2.43. The molecule has 2 aliphatic heterocycles. The van der Waals surface area contributed by atoms with Crippen molar-refractivity contribution in [1.29, 1.82) is 0 Å². The van der Waals surface area contributed by atoms with Crippen molar-refractivity contribution in [3.63, 3.8) is 0 Å². The molecule has 2 heterocycles. The van der Waals surface area contributed by atoms with E-state index in [1.54, 1.807) is 0 Å². The number of nitrogens with one attached hydrogen (secondary N) is 2. The van der Waals surface area contributed by atoms with Crippen molar-refractivity contribution in [1.82, 2.24) is 10.6 Å². The molecule has 0 radical (unpaired) electrons. The molecule has 0 aromatic carbocycles. The van der Waals surface area contributed by atoms with Crippen LogP contribution in [0.4, 0.5) is 26.3 Å². The fourth-order valence-electron chi connectivity index (χ4n) is 2.69. The highest BCUT2D eigenvalue weighted by atomic mass is 35.5. The molecular formula is C14H22Cl2F6N2O4. The zero-order valence-electron chi connectivity index (χ0n) is 14.3. The summed E-state index contributed by atoms with van der Waals surface area (Å²) in [6.07, 6.45) is -8.65. The summed E-state index contributed by atoms with van der Waals surface area (Å²) in [5.74, 6) is -3.43. The Morgan fingerprint density at radius 2 is 0.964 bits per heavy atom. The molecule has 168 valence electrons. The molecule has 2 fully saturated rings. The zero-order valence-corrected chi connectivity index (χ0v) is 16.0. The summed E-state index contributed by atoms with van der Waals surface area (Å²) in [5.41, 5.74) is 0. The minimum absolute atomic E-state index is 0. The average molecular weight is 467 g/mol. The Morgan fingerprint density at radius 1 is 0.679 bits per heavy atom. The minimum Gasteiger partial charge on any atom is -0.481 e. The summed E-state index contributed by atoms with van der Waals surface area (Å²) < 4.78 is 72.4. The molecular weight excluding hydrogens is 445 g/mol. The first-order valence-electron chi connectivity index (χ1n) is 7.88. The van der Waals surface area contributed by atoms with E-state index >= 15 is 0 Å². The van der Waals surface area contributed by atoms with Crippen LogP contribution in [0.3, 0.4) is 0 Å². The molecule has 2 rings (SSSR count). The number of piperidine rings is 2. The van der Waals surface area contributed by atoms with Crippen molar-refractivity contribution >= 4 is 36.8 Å². The zero-order chi connectivity index (χ0) is 20.1. The van der Waals surface area contributed by atoms with E-state index in [4.69, 9.17) is 10.2 Å². The second-order valence-electron chi connectivity index (χ2n) is 6.23. The highest BCUT2D eigenvalue weighted by molar-refractivity contribution is 5.85. The van der Waals surface area contributed by atoms with Gasteiger partial charge < -0.3 is 20.8 Å². The topological polar surface area (TPSA) is 98.7 Å². The standard InChI is InChI=1S/2C7H10F3NO2.2ClH/c2*8-7(9,10)5-2-1-4(3-11-5)6(12)13;;/h2*4-5,11H,1-3H2,(H,12,13);2*1H/t2*4-,5-;;/m10../s1. The first-order valence-corrected chi connectivity index (χ1v) is 7.88. The van der Waals surface area contributed by atoms with Gasteiger partial charge in [0.1, 0.15) is 12.1 Å². The Bertz CT molecular complexity index is 447. The lowest BCUT2D eigenvalue weighted by Crippen LogP contribution is -2.49. The largest absolute Gasteiger partial charge is 0.481 e. The third-order valence-electron chi connectivity index (χ3n) is 4.32. The molecule has 0 bridgehead atoms. The second kappa shape index (κ2) is 11.9. The van der Waals surface area contributed by atoms with Gasteiger partial charge in [-0.15, -0.1) is 24.8 Å². The maximum Gasteiger partial charge on any atom is 0.403 e. The maximum atomic E-state index is 12.1. The Morgan fingerprint density at radius 3 is 1.11 bits per heavy atom. The molecule has 14 heteroatoms. The first kappa shape index (κ1) is 29.2. The van der Waals surface area contributed by atoms with E-state index in [0.717, 1.165) is 0 Å². The molecule has 0 unspecified atom stereocenters. The number of carboxylic acid groups (broad SMARTS) is 2. The lowest BCUT2D eigenvalue weighted by molar-refractivity contribution is -0.166. The quantitative estimate of drug-likeness (QED) is 0.467. The molecule has 0 spiro atoms. The number of carboxylic acids is 2. The monoisotopic (exact) mass is 466 g/mol. The van der Waals surface area contributed by atoms with E-state index in [2.05, 4.69) is 10.6 Å². The summed E-state index contributed by atoms with van der Waals surface area (Å²) in [7, 11) is 0. The number of aliphatic carboxylic acids is 2. The maximum absolute atomic E-state index is 12.1. The average Bonchev–Trinajstić information content (AvgIpc) is 2.54. The molecule has 4 N–H and O–H groups in total. The summed E-state index contributed by atoms with van der Waals surface area (Å²) in [4.78, 5) is 20.8. The summed E-state index contributed by atoms with van der Waals surface area (Å²) in [5, 5.41) is 21.4. The predicted octanol–water partition coefficient (Wildman–Crippen LogP) is 2.85. The molecule has 6 nitrogen and oxygen atoms in total. The van der Waals surface area contributed by atoms with Crippen LogP contribution in [0, 0.1) is 11.8 Å². The van der Waals surface area contributed by atoms with Crippen molar-refractivity contribution in [3.8, 4) is 0 Å². The summed E-state index contributed by atoms with van der Waals surface area (Å²) in [6.45, 7) is -0.195. The normalized spacial score (nSPS) is 27.9. The fraction of sp³-hybridized carbons (Fsp3) is 0.857. The lowest BCUT2D eigenvalue weighted by atomic mass is 9.95. The van der Waals surface area contributed by atoms with Gasteiger partial charge in [-0.05, 0) is 25.7 Å². The van der Waals surface area contributed by atoms with Gasteiger partial charge >= 0.3 is 24.3 Å². The van der Waals surface area contributed by atoms with Crippen molar-refractivity contribution in [2.45, 2.75) is 50.1 Å². The van der Waals surface area contributed by atoms with Crippen molar-refractivity contribution < 1.29 is 46.1 Å². The first-order chi connectivity index (χ1) is 11.8. The predicted molar refractivity (Wildman–Crippen MR) is 90.9 cm³/mol. The van der Waals surface area contributed by atoms with E-state index in [0.29, 0.717) is 0 Å². The van der Waals surface area contributed by atoms with Gasteiger partial charge in [0.2, 0.25) is 0 Å². The third-order valence-corrected chi connectivity index (χ3v) is 4.32. The number of rotatable bonds is 2. The van der Waals surface area contributed by atoms with Gasteiger partial charge in [0, 0.05) is 13.1 Å². The number of hydrogen-bond acceptors (Lipinski definition) is 4. The SMILES string of the molecule is Cl.Cl.O=C(O)[C@@H]1CC[C@H](C(F)(F)F)NC1.O=C(O)[C@H]1CC[C@@H](C(F)(F)F)NC1. The van der Waals surface area contributed by atoms with Crippen LogP contribution in [0.1, 0.15) is 25.7 Å². The van der Waals surface area contributed by atoms with Gasteiger partial charge in [-0.3, -0.25) is 9.59 Å². The van der Waals surface area contributed by atoms with Crippen LogP contribution in [0.25, 0.3) is 0 Å². The summed E-state index contributed by atoms with van der Waals surface area (Å²) >= 11 is 0. The molecule has 0 saturated carbocycles. The van der Waals surface area contributed by atoms with Gasteiger partial charge in [-0.2, -0.15) is 26.3 Å². The highest BCUT2D eigenvalue weighted by Crippen LogP contribution is 2.28. The Balaban J connectivity index is 0. The number of alkyl halides is 6. The number of halogens is 8. The van der Waals surface area contributed by atoms with Crippen LogP contribution in [0.2, 0.25) is 0 Å². The minimum atomic E-state index is -4.26. The van der Waals surface area contributed by atoms with Gasteiger partial charge in [-0.1, -0.05) is 0 Å². The molecule has 2 saturated heterocycles. The molecule has 0 aliphatic carbocycles. The van der Waals surface area contributed by atoms with Gasteiger partial charge in [0.25, 0.3) is 0 Å². The van der Waals surface area contributed by atoms with Crippen LogP contribution in [-0.2, 0) is 9.59 Å². The van der Waals surface area contributed by atoms with Crippen LogP contribution >= 0.6 is 24.8 Å². The second-order valence-corrected chi connectivity index (χ2v) is 6.23. The molecule has 0 amide bonds. The van der Waals surface area contributed by atoms with E-state index in [1.165, 1.54) is 0 Å². The molecule has 0 aromatic heterocycles. The molecule has 2 aliphatic rings. The van der Waals surface area contributed by atoms with Gasteiger partial charge in [0.15, 0.2) is 0 Å². The van der Waals surface area contributed by atoms with Crippen LogP contribution in [0.15, 0.2) is 0 Å². The Hall–Kier alpha value is -0.980. The summed E-state index contributed by atoms with van der Waals surface area (Å²) in [6, 6.07) is -3.08. The van der Waals surface area contributed by atoms with Crippen molar-refractivity contribution in [2.75, 3.05) is 13.1 Å².